The number of hydrogen-bond donors (Lipinski definition) is 4. The van der Waals surface area contributed by atoms with Crippen molar-refractivity contribution in [2.24, 2.45) is 5.73 Å². The van der Waals surface area contributed by atoms with Crippen molar-refractivity contribution in [2.75, 3.05) is 5.32 Å². The number of hydrogen-bond acceptors (Lipinski definition) is 5. The smallest absolute Gasteiger partial charge is 0.339 e. The predicted molar refractivity (Wildman–Crippen MR) is 155 cm³/mol. The molecule has 40 heavy (non-hydrogen) atoms. The molecule has 202 valence electrons. The van der Waals surface area contributed by atoms with Gasteiger partial charge in [0, 0.05) is 28.4 Å². The molecule has 0 spiro atoms. The van der Waals surface area contributed by atoms with E-state index >= 15 is 0 Å². The number of anilines is 1. The lowest BCUT2D eigenvalue weighted by atomic mass is 9.93. The van der Waals surface area contributed by atoms with Crippen LogP contribution in [0.25, 0.3) is 11.1 Å². The third-order valence-electron chi connectivity index (χ3n) is 6.05. The van der Waals surface area contributed by atoms with Crippen LogP contribution in [0.5, 0.6) is 0 Å². The Labute approximate surface area is 232 Å². The minimum Gasteiger partial charge on any atom is -0.457 e. The van der Waals surface area contributed by atoms with E-state index in [9.17, 15) is 14.4 Å². The minimum atomic E-state index is -0.618. The number of nitrogens with two attached hydrogens (primary N) is 1. The largest absolute Gasteiger partial charge is 0.457 e. The Morgan fingerprint density at radius 1 is 0.775 bits per heavy atom. The Balaban J connectivity index is 1.70. The number of nitrogens with one attached hydrogen (secondary N) is 3. The van der Waals surface area contributed by atoms with E-state index in [2.05, 4.69) is 10.6 Å². The van der Waals surface area contributed by atoms with E-state index < -0.39 is 11.9 Å². The molecule has 4 rings (SSSR count). The van der Waals surface area contributed by atoms with Crippen LogP contribution in [0, 0.1) is 5.41 Å². The van der Waals surface area contributed by atoms with Gasteiger partial charge < -0.3 is 21.1 Å². The standard InChI is InChI=1S/C32H30N4O4/c1-20(2)35-30(37)23-14-17-26(28(18-23)32(39)40-19-21-8-4-3-5-9-21)25-10-6-7-11-27(25)31(38)36-24-15-12-22(13-16-24)29(33)34/h3-18,20H,19H2,1-2H3,(H3,33,34)(H,35,37)(H,36,38). The Morgan fingerprint density at radius 3 is 2.08 bits per heavy atom. The molecule has 0 heterocycles. The van der Waals surface area contributed by atoms with Gasteiger partial charge in [-0.25, -0.2) is 4.79 Å². The zero-order valence-electron chi connectivity index (χ0n) is 22.2. The summed E-state index contributed by atoms with van der Waals surface area (Å²) in [6.45, 7) is 3.76. The number of ether oxygens (including phenoxy) is 1. The molecule has 0 aliphatic heterocycles. The molecule has 5 N–H and O–H groups in total. The van der Waals surface area contributed by atoms with Crippen molar-refractivity contribution in [1.82, 2.24) is 5.32 Å². The zero-order chi connectivity index (χ0) is 28.6. The van der Waals surface area contributed by atoms with E-state index in [4.69, 9.17) is 15.9 Å². The molecule has 0 aromatic heterocycles. The number of esters is 1. The van der Waals surface area contributed by atoms with Gasteiger partial charge >= 0.3 is 5.97 Å². The summed E-state index contributed by atoms with van der Waals surface area (Å²) in [7, 11) is 0. The van der Waals surface area contributed by atoms with Gasteiger partial charge in [-0.2, -0.15) is 0 Å². The first-order valence-electron chi connectivity index (χ1n) is 12.7. The average Bonchev–Trinajstić information content (AvgIpc) is 2.96. The number of rotatable bonds is 9. The highest BCUT2D eigenvalue weighted by Gasteiger charge is 2.22. The van der Waals surface area contributed by atoms with Crippen molar-refractivity contribution in [3.8, 4) is 11.1 Å². The van der Waals surface area contributed by atoms with E-state index in [-0.39, 0.29) is 30.0 Å². The molecule has 2 amide bonds. The second-order valence-electron chi connectivity index (χ2n) is 9.44. The molecule has 0 aliphatic rings. The zero-order valence-corrected chi connectivity index (χ0v) is 22.2. The summed E-state index contributed by atoms with van der Waals surface area (Å²) in [5.74, 6) is -1.40. The molecule has 0 radical (unpaired) electrons. The molecule has 4 aromatic carbocycles. The molecule has 0 fully saturated rings. The van der Waals surface area contributed by atoms with Crippen molar-refractivity contribution in [2.45, 2.75) is 26.5 Å². The van der Waals surface area contributed by atoms with Gasteiger partial charge in [-0.1, -0.05) is 54.6 Å². The maximum Gasteiger partial charge on any atom is 0.339 e. The van der Waals surface area contributed by atoms with Gasteiger partial charge in [0.2, 0.25) is 0 Å². The maximum absolute atomic E-state index is 13.4. The van der Waals surface area contributed by atoms with Crippen molar-refractivity contribution in [3.63, 3.8) is 0 Å². The van der Waals surface area contributed by atoms with Crippen molar-refractivity contribution in [3.05, 3.63) is 125 Å². The molecular weight excluding hydrogens is 504 g/mol. The lowest BCUT2D eigenvalue weighted by Crippen LogP contribution is -2.30. The van der Waals surface area contributed by atoms with Gasteiger partial charge in [0.1, 0.15) is 12.4 Å². The van der Waals surface area contributed by atoms with Gasteiger partial charge in [-0.3, -0.25) is 15.0 Å². The summed E-state index contributed by atoms with van der Waals surface area (Å²) < 4.78 is 5.62. The van der Waals surface area contributed by atoms with E-state index in [1.807, 2.05) is 44.2 Å². The van der Waals surface area contributed by atoms with Gasteiger partial charge in [0.15, 0.2) is 0 Å². The van der Waals surface area contributed by atoms with Gasteiger partial charge in [0.25, 0.3) is 11.8 Å². The fourth-order valence-electron chi connectivity index (χ4n) is 4.08. The summed E-state index contributed by atoms with van der Waals surface area (Å²) in [5, 5.41) is 13.2. The highest BCUT2D eigenvalue weighted by molar-refractivity contribution is 6.11. The summed E-state index contributed by atoms with van der Waals surface area (Å²) >= 11 is 0. The van der Waals surface area contributed by atoms with Crippen molar-refractivity contribution in [1.29, 1.82) is 5.41 Å². The minimum absolute atomic E-state index is 0.0555. The summed E-state index contributed by atoms with van der Waals surface area (Å²) in [5.41, 5.74) is 9.16. The third kappa shape index (κ3) is 6.79. The predicted octanol–water partition coefficient (Wildman–Crippen LogP) is 5.39. The second-order valence-corrected chi connectivity index (χ2v) is 9.44. The van der Waals surface area contributed by atoms with Crippen LogP contribution in [0.2, 0.25) is 0 Å². The van der Waals surface area contributed by atoms with Crippen LogP contribution in [-0.4, -0.2) is 29.7 Å². The number of amidine groups is 1. The van der Waals surface area contributed by atoms with Gasteiger partial charge in [0.05, 0.1) is 5.56 Å². The molecule has 0 aliphatic carbocycles. The van der Waals surface area contributed by atoms with Crippen LogP contribution in [-0.2, 0) is 11.3 Å². The van der Waals surface area contributed by atoms with Crippen LogP contribution in [0.4, 0.5) is 5.69 Å². The van der Waals surface area contributed by atoms with E-state index in [0.717, 1.165) is 5.56 Å². The first-order chi connectivity index (χ1) is 19.2. The highest BCUT2D eigenvalue weighted by atomic mass is 16.5. The normalized spacial score (nSPS) is 10.6. The first-order valence-corrected chi connectivity index (χ1v) is 12.7. The molecule has 0 unspecified atom stereocenters. The number of carbonyl (C=O) groups excluding carboxylic acids is 3. The summed E-state index contributed by atoms with van der Waals surface area (Å²) in [4.78, 5) is 39.5. The fourth-order valence-corrected chi connectivity index (χ4v) is 4.08. The van der Waals surface area contributed by atoms with Crippen LogP contribution >= 0.6 is 0 Å². The van der Waals surface area contributed by atoms with Crippen LogP contribution < -0.4 is 16.4 Å². The maximum atomic E-state index is 13.4. The molecule has 0 atom stereocenters. The van der Waals surface area contributed by atoms with Crippen molar-refractivity contribution >= 4 is 29.3 Å². The third-order valence-corrected chi connectivity index (χ3v) is 6.05. The van der Waals surface area contributed by atoms with Crippen LogP contribution in [0.3, 0.4) is 0 Å². The molecule has 8 nitrogen and oxygen atoms in total. The highest BCUT2D eigenvalue weighted by Crippen LogP contribution is 2.30. The Morgan fingerprint density at radius 2 is 1.40 bits per heavy atom. The Hall–Kier alpha value is -5.24. The SMILES string of the molecule is CC(C)NC(=O)c1ccc(-c2ccccc2C(=O)Nc2ccc(C(=N)N)cc2)c(C(=O)OCc2ccccc2)c1. The fraction of sp³-hybridized carbons (Fsp3) is 0.125. The van der Waals surface area contributed by atoms with Gasteiger partial charge in [-0.05, 0) is 73.0 Å². The van der Waals surface area contributed by atoms with Gasteiger partial charge in [-0.15, -0.1) is 0 Å². The van der Waals surface area contributed by atoms with Crippen LogP contribution in [0.15, 0.2) is 97.1 Å². The van der Waals surface area contributed by atoms with E-state index in [1.165, 1.54) is 6.07 Å². The topological polar surface area (TPSA) is 134 Å². The molecule has 0 bridgehead atoms. The lowest BCUT2D eigenvalue weighted by molar-refractivity contribution is 0.0473. The van der Waals surface area contributed by atoms with Crippen molar-refractivity contribution < 1.29 is 19.1 Å². The van der Waals surface area contributed by atoms with E-state index in [0.29, 0.717) is 33.5 Å². The quantitative estimate of drug-likeness (QED) is 0.130. The second kappa shape index (κ2) is 12.5. The Bertz CT molecular complexity index is 1550. The lowest BCUT2D eigenvalue weighted by Gasteiger charge is -2.16. The molecule has 0 saturated heterocycles. The molecule has 8 heteroatoms. The summed E-state index contributed by atoms with van der Waals surface area (Å²) in [6.07, 6.45) is 0. The number of benzene rings is 4. The summed E-state index contributed by atoms with van der Waals surface area (Å²) in [6, 6.07) is 27.5. The number of amides is 2. The van der Waals surface area contributed by atoms with Crippen LogP contribution in [0.1, 0.15) is 56.0 Å². The monoisotopic (exact) mass is 534 g/mol. The number of nitrogen functional groups attached to an aromatic ring is 1. The molecular formula is C32H30N4O4. The molecule has 4 aromatic rings. The molecule has 0 saturated carbocycles. The average molecular weight is 535 g/mol. The number of carbonyl (C=O) groups is 3. The Kier molecular flexibility index (Phi) is 8.71. The first kappa shape index (κ1) is 27.8. The van der Waals surface area contributed by atoms with E-state index in [1.54, 1.807) is 60.7 Å².